The minimum absolute atomic E-state index is 0.106. The number of hydrogen-bond acceptors (Lipinski definition) is 4. The number of benzene rings is 3. The molecule has 0 N–H and O–H groups in total. The van der Waals surface area contributed by atoms with Gasteiger partial charge in [0.2, 0.25) is 0 Å². The minimum Gasteiger partial charge on any atom is -0.165 e. The molecule has 0 aliphatic rings. The molecule has 3 aromatic carbocycles. The summed E-state index contributed by atoms with van der Waals surface area (Å²) < 4.78 is 0. The van der Waals surface area contributed by atoms with Crippen molar-refractivity contribution in [3.63, 3.8) is 0 Å². The van der Waals surface area contributed by atoms with Gasteiger partial charge < -0.3 is 0 Å². The fourth-order valence-electron chi connectivity index (χ4n) is 2.69. The first kappa shape index (κ1) is 19.3. The lowest BCUT2D eigenvalue weighted by Gasteiger charge is -2.15. The molecule has 0 nitrogen and oxygen atoms in total. The molecule has 0 radical (unpaired) electrons. The van der Waals surface area contributed by atoms with E-state index in [1.165, 1.54) is 0 Å². The van der Waals surface area contributed by atoms with Gasteiger partial charge in [-0.15, -0.1) is 0 Å². The van der Waals surface area contributed by atoms with E-state index in [4.69, 9.17) is 49.7 Å². The molecular weight excluding hydrogens is 393 g/mol. The summed E-state index contributed by atoms with van der Waals surface area (Å²) in [6.45, 7) is 0. The molecule has 2 unspecified atom stereocenters. The highest BCUT2D eigenvalue weighted by molar-refractivity contribution is 7.87. The quantitative estimate of drug-likeness (QED) is 0.272. The molecule has 0 spiro atoms. The van der Waals surface area contributed by atoms with Gasteiger partial charge in [-0.25, -0.2) is 0 Å². The lowest BCUT2D eigenvalue weighted by atomic mass is 9.99. The number of thiocarbonyl (C=S) groups is 2. The first-order valence-electron chi connectivity index (χ1n) is 8.22. The van der Waals surface area contributed by atoms with Crippen LogP contribution in [0.3, 0.4) is 0 Å². The number of thiol groups is 2. The first-order chi connectivity index (χ1) is 12.6. The molecule has 3 aromatic rings. The largest absolute Gasteiger partial charge is 0.165 e. The smallest absolute Gasteiger partial charge is 0.0624 e. The van der Waals surface area contributed by atoms with E-state index in [1.54, 1.807) is 0 Å². The van der Waals surface area contributed by atoms with Crippen LogP contribution >= 0.6 is 49.7 Å². The molecule has 0 heterocycles. The fourth-order valence-corrected chi connectivity index (χ4v) is 3.87. The lowest BCUT2D eigenvalue weighted by Crippen LogP contribution is -2.09. The molecule has 3 rings (SSSR count). The summed E-state index contributed by atoms with van der Waals surface area (Å²) in [7, 11) is 0. The van der Waals surface area contributed by atoms with Crippen LogP contribution in [-0.4, -0.2) is 9.73 Å². The zero-order chi connectivity index (χ0) is 18.5. The maximum absolute atomic E-state index is 5.64. The van der Waals surface area contributed by atoms with E-state index < -0.39 is 0 Å². The molecule has 0 fully saturated rings. The second-order valence-corrected chi connectivity index (χ2v) is 7.84. The Kier molecular flexibility index (Phi) is 6.65. The summed E-state index contributed by atoms with van der Waals surface area (Å²) in [6, 6.07) is 28.2. The zero-order valence-corrected chi connectivity index (χ0v) is 17.4. The van der Waals surface area contributed by atoms with Gasteiger partial charge in [0.15, 0.2) is 0 Å². The third kappa shape index (κ3) is 4.44. The van der Waals surface area contributed by atoms with Crippen LogP contribution in [-0.2, 0) is 0 Å². The first-order valence-corrected chi connectivity index (χ1v) is 10.1. The van der Waals surface area contributed by atoms with E-state index in [0.29, 0.717) is 0 Å². The molecule has 0 aromatic heterocycles. The molecular formula is C22H18S4. The van der Waals surface area contributed by atoms with E-state index >= 15 is 0 Å². The predicted molar refractivity (Wildman–Crippen MR) is 126 cm³/mol. The van der Waals surface area contributed by atoms with Crippen LogP contribution in [0.1, 0.15) is 32.8 Å². The number of rotatable bonds is 6. The summed E-state index contributed by atoms with van der Waals surface area (Å²) in [4.78, 5) is 1.62. The van der Waals surface area contributed by atoms with Crippen LogP contribution in [0.15, 0.2) is 84.9 Å². The molecule has 0 aliphatic carbocycles. The highest BCUT2D eigenvalue weighted by Crippen LogP contribution is 2.28. The van der Waals surface area contributed by atoms with Gasteiger partial charge in [-0.1, -0.05) is 109 Å². The lowest BCUT2D eigenvalue weighted by molar-refractivity contribution is 1.31. The molecule has 0 saturated heterocycles. The Labute approximate surface area is 176 Å². The van der Waals surface area contributed by atoms with Crippen LogP contribution in [0.2, 0.25) is 0 Å². The topological polar surface area (TPSA) is 0 Å². The number of hydrogen-bond donors (Lipinski definition) is 2. The summed E-state index contributed by atoms with van der Waals surface area (Å²) in [6.07, 6.45) is 0. The summed E-state index contributed by atoms with van der Waals surface area (Å²) in [5, 5.41) is -0.211. The van der Waals surface area contributed by atoms with E-state index in [9.17, 15) is 0 Å². The second-order valence-electron chi connectivity index (χ2n) is 5.93. The third-order valence-corrected chi connectivity index (χ3v) is 6.59. The van der Waals surface area contributed by atoms with E-state index in [2.05, 4.69) is 0 Å². The van der Waals surface area contributed by atoms with Crippen molar-refractivity contribution < 1.29 is 0 Å². The Morgan fingerprint density at radius 1 is 0.538 bits per heavy atom. The van der Waals surface area contributed by atoms with E-state index in [1.807, 2.05) is 84.9 Å². The normalized spacial score (nSPS) is 13.0. The van der Waals surface area contributed by atoms with Gasteiger partial charge in [-0.3, -0.25) is 0 Å². The Bertz CT molecular complexity index is 810. The van der Waals surface area contributed by atoms with E-state index in [0.717, 1.165) is 32.0 Å². The van der Waals surface area contributed by atoms with Crippen LogP contribution < -0.4 is 0 Å². The van der Waals surface area contributed by atoms with E-state index in [-0.39, 0.29) is 10.5 Å². The summed E-state index contributed by atoms with van der Waals surface area (Å²) in [5.41, 5.74) is 4.18. The molecule has 0 bridgehead atoms. The van der Waals surface area contributed by atoms with Crippen molar-refractivity contribution in [3.05, 3.63) is 107 Å². The van der Waals surface area contributed by atoms with Gasteiger partial charge in [-0.05, 0) is 22.3 Å². The van der Waals surface area contributed by atoms with Crippen LogP contribution in [0.4, 0.5) is 0 Å². The average Bonchev–Trinajstić information content (AvgIpc) is 2.73. The van der Waals surface area contributed by atoms with Crippen molar-refractivity contribution >= 4 is 59.4 Å². The van der Waals surface area contributed by atoms with Gasteiger partial charge in [0.05, 0.1) is 10.5 Å². The highest BCUT2D eigenvalue weighted by atomic mass is 32.1. The van der Waals surface area contributed by atoms with Crippen LogP contribution in [0.25, 0.3) is 0 Å². The van der Waals surface area contributed by atoms with Crippen molar-refractivity contribution in [2.45, 2.75) is 10.5 Å². The molecule has 4 heteroatoms. The fraction of sp³-hybridized carbons (Fsp3) is 0.0909. The molecule has 26 heavy (non-hydrogen) atoms. The highest BCUT2D eigenvalue weighted by Gasteiger charge is 2.16. The second kappa shape index (κ2) is 8.96. The Morgan fingerprint density at radius 2 is 0.846 bits per heavy atom. The van der Waals surface area contributed by atoms with Crippen molar-refractivity contribution in [1.82, 2.24) is 0 Å². The van der Waals surface area contributed by atoms with Crippen LogP contribution in [0.5, 0.6) is 0 Å². The molecule has 0 saturated carbocycles. The Morgan fingerprint density at radius 3 is 1.15 bits per heavy atom. The standard InChI is InChI=1S/C22H18S4/c23-19(15-7-3-1-4-8-15)21(25)17-11-13-18(14-12-17)22(26)20(24)16-9-5-2-6-10-16/h1-14,19-20,23-24H. The van der Waals surface area contributed by atoms with Crippen molar-refractivity contribution in [3.8, 4) is 0 Å². The maximum Gasteiger partial charge on any atom is 0.0624 e. The molecule has 2 atom stereocenters. The minimum atomic E-state index is -0.106. The van der Waals surface area contributed by atoms with Crippen molar-refractivity contribution in [1.29, 1.82) is 0 Å². The van der Waals surface area contributed by atoms with Crippen molar-refractivity contribution in [2.75, 3.05) is 0 Å². The van der Waals surface area contributed by atoms with Crippen molar-refractivity contribution in [2.24, 2.45) is 0 Å². The van der Waals surface area contributed by atoms with Gasteiger partial charge in [0.25, 0.3) is 0 Å². The maximum atomic E-state index is 5.64. The average molecular weight is 411 g/mol. The Balaban J connectivity index is 1.76. The van der Waals surface area contributed by atoms with Crippen LogP contribution in [0, 0.1) is 0 Å². The van der Waals surface area contributed by atoms with Gasteiger partial charge in [-0.2, -0.15) is 25.3 Å². The summed E-state index contributed by atoms with van der Waals surface area (Å²) >= 11 is 20.7. The molecule has 0 aliphatic heterocycles. The third-order valence-electron chi connectivity index (χ3n) is 4.18. The monoisotopic (exact) mass is 410 g/mol. The predicted octanol–water partition coefficient (Wildman–Crippen LogP) is 6.46. The zero-order valence-electron chi connectivity index (χ0n) is 13.9. The SMILES string of the molecule is S=C(c1ccc(C(=S)C(S)c2ccccc2)cc1)C(S)c1ccccc1. The van der Waals surface area contributed by atoms with Gasteiger partial charge in [0, 0.05) is 9.73 Å². The molecule has 0 amide bonds. The molecule has 130 valence electrons. The van der Waals surface area contributed by atoms with Gasteiger partial charge in [0.1, 0.15) is 0 Å². The van der Waals surface area contributed by atoms with Gasteiger partial charge >= 0.3 is 0 Å². The Hall–Kier alpha value is -1.46. The summed E-state index contributed by atoms with van der Waals surface area (Å²) in [5.74, 6) is 0.